The molecule has 0 spiro atoms. The van der Waals surface area contributed by atoms with Crippen LogP contribution >= 0.6 is 15.9 Å². The van der Waals surface area contributed by atoms with Gasteiger partial charge in [-0.1, -0.05) is 22.0 Å². The largest absolute Gasteiger partial charge is 0.295 e. The van der Waals surface area contributed by atoms with Gasteiger partial charge in [-0.3, -0.25) is 4.79 Å². The maximum Gasteiger partial charge on any atom is 0.160 e. The fourth-order valence-electron chi connectivity index (χ4n) is 0.974. The van der Waals surface area contributed by atoms with Gasteiger partial charge in [-0.05, 0) is 31.5 Å². The van der Waals surface area contributed by atoms with Crippen LogP contribution in [0.15, 0.2) is 22.7 Å². The summed E-state index contributed by atoms with van der Waals surface area (Å²) in [4.78, 5) is 11.0. The van der Waals surface area contributed by atoms with E-state index in [1.54, 1.807) is 6.92 Å². The summed E-state index contributed by atoms with van der Waals surface area (Å²) in [7, 11) is 0. The molecule has 2 heteroatoms. The Hall–Kier alpha value is -0.630. The van der Waals surface area contributed by atoms with Crippen molar-refractivity contribution in [3.8, 4) is 0 Å². The SMILES string of the molecule is CC(=O)c1cc(Br)ccc1C. The van der Waals surface area contributed by atoms with Crippen molar-refractivity contribution < 1.29 is 4.79 Å². The minimum atomic E-state index is 0.115. The van der Waals surface area contributed by atoms with Gasteiger partial charge in [-0.2, -0.15) is 0 Å². The van der Waals surface area contributed by atoms with Crippen LogP contribution in [-0.2, 0) is 0 Å². The number of ketones is 1. The molecule has 58 valence electrons. The first kappa shape index (κ1) is 8.47. The Morgan fingerprint density at radius 2 is 2.09 bits per heavy atom. The van der Waals surface area contributed by atoms with Crippen molar-refractivity contribution in [2.75, 3.05) is 0 Å². The van der Waals surface area contributed by atoms with E-state index < -0.39 is 0 Å². The van der Waals surface area contributed by atoms with Crippen molar-refractivity contribution in [3.63, 3.8) is 0 Å². The molecule has 1 aromatic carbocycles. The molecule has 0 atom stereocenters. The van der Waals surface area contributed by atoms with Gasteiger partial charge >= 0.3 is 0 Å². The predicted octanol–water partition coefficient (Wildman–Crippen LogP) is 2.96. The van der Waals surface area contributed by atoms with E-state index in [-0.39, 0.29) is 5.78 Å². The fourth-order valence-corrected chi connectivity index (χ4v) is 1.33. The minimum absolute atomic E-state index is 0.115. The van der Waals surface area contributed by atoms with Crippen molar-refractivity contribution in [3.05, 3.63) is 33.8 Å². The van der Waals surface area contributed by atoms with Gasteiger partial charge in [0, 0.05) is 10.0 Å². The quantitative estimate of drug-likeness (QED) is 0.655. The molecule has 0 heterocycles. The zero-order chi connectivity index (χ0) is 8.43. The Morgan fingerprint density at radius 1 is 1.45 bits per heavy atom. The molecule has 0 bridgehead atoms. The summed E-state index contributed by atoms with van der Waals surface area (Å²) in [5, 5.41) is 0. The van der Waals surface area contributed by atoms with Crippen LogP contribution in [0.25, 0.3) is 0 Å². The first-order valence-electron chi connectivity index (χ1n) is 3.38. The van der Waals surface area contributed by atoms with Crippen molar-refractivity contribution in [2.45, 2.75) is 13.8 Å². The van der Waals surface area contributed by atoms with E-state index in [1.807, 2.05) is 25.1 Å². The van der Waals surface area contributed by atoms with E-state index in [1.165, 1.54) is 0 Å². The van der Waals surface area contributed by atoms with Gasteiger partial charge in [-0.25, -0.2) is 0 Å². The van der Waals surface area contributed by atoms with Crippen molar-refractivity contribution in [2.24, 2.45) is 0 Å². The van der Waals surface area contributed by atoms with E-state index in [0.29, 0.717) is 0 Å². The second-order valence-electron chi connectivity index (χ2n) is 2.52. The van der Waals surface area contributed by atoms with Crippen molar-refractivity contribution in [1.29, 1.82) is 0 Å². The van der Waals surface area contributed by atoms with Gasteiger partial charge in [0.2, 0.25) is 0 Å². The molecule has 0 fully saturated rings. The molecule has 11 heavy (non-hydrogen) atoms. The number of hydrogen-bond acceptors (Lipinski definition) is 1. The lowest BCUT2D eigenvalue weighted by Crippen LogP contribution is -1.94. The summed E-state index contributed by atoms with van der Waals surface area (Å²) in [5.41, 5.74) is 1.82. The Balaban J connectivity index is 3.23. The predicted molar refractivity (Wildman–Crippen MR) is 48.9 cm³/mol. The number of halogens is 1. The topological polar surface area (TPSA) is 17.1 Å². The lowest BCUT2D eigenvalue weighted by atomic mass is 10.1. The molecule has 1 aromatic rings. The molecule has 0 aliphatic heterocycles. The molecule has 0 radical (unpaired) electrons. The van der Waals surface area contributed by atoms with Gasteiger partial charge < -0.3 is 0 Å². The molecule has 1 nitrogen and oxygen atoms in total. The zero-order valence-electron chi connectivity index (χ0n) is 6.52. The Morgan fingerprint density at radius 3 is 2.55 bits per heavy atom. The van der Waals surface area contributed by atoms with E-state index in [0.717, 1.165) is 15.6 Å². The van der Waals surface area contributed by atoms with Gasteiger partial charge in [0.05, 0.1) is 0 Å². The molecular weight excluding hydrogens is 204 g/mol. The highest BCUT2D eigenvalue weighted by Crippen LogP contribution is 2.15. The molecule has 0 saturated heterocycles. The summed E-state index contributed by atoms with van der Waals surface area (Å²) in [5.74, 6) is 0.115. The summed E-state index contributed by atoms with van der Waals surface area (Å²) < 4.78 is 0.952. The third-order valence-electron chi connectivity index (χ3n) is 1.58. The third kappa shape index (κ3) is 1.90. The molecular formula is C9H9BrO. The number of hydrogen-bond donors (Lipinski definition) is 0. The van der Waals surface area contributed by atoms with Gasteiger partial charge in [0.15, 0.2) is 5.78 Å². The molecule has 0 amide bonds. The lowest BCUT2D eigenvalue weighted by Gasteiger charge is -2.00. The van der Waals surface area contributed by atoms with Crippen LogP contribution in [0.2, 0.25) is 0 Å². The normalized spacial score (nSPS) is 9.73. The standard InChI is InChI=1S/C9H9BrO/c1-6-3-4-8(10)5-9(6)7(2)11/h3-5H,1-2H3. The third-order valence-corrected chi connectivity index (χ3v) is 2.07. The van der Waals surface area contributed by atoms with Crippen LogP contribution in [0.5, 0.6) is 0 Å². The van der Waals surface area contributed by atoms with Crippen molar-refractivity contribution >= 4 is 21.7 Å². The zero-order valence-corrected chi connectivity index (χ0v) is 8.10. The second kappa shape index (κ2) is 3.18. The number of carbonyl (C=O) groups excluding carboxylic acids is 1. The Labute approximate surface area is 74.6 Å². The van der Waals surface area contributed by atoms with Gasteiger partial charge in [0.1, 0.15) is 0 Å². The average molecular weight is 213 g/mol. The molecule has 0 aromatic heterocycles. The van der Waals surface area contributed by atoms with E-state index in [9.17, 15) is 4.79 Å². The van der Waals surface area contributed by atoms with E-state index in [2.05, 4.69) is 15.9 Å². The number of carbonyl (C=O) groups is 1. The minimum Gasteiger partial charge on any atom is -0.295 e. The number of aryl methyl sites for hydroxylation is 1. The molecule has 0 saturated carbocycles. The van der Waals surface area contributed by atoms with Crippen LogP contribution in [0.3, 0.4) is 0 Å². The highest BCUT2D eigenvalue weighted by Gasteiger charge is 2.02. The number of benzene rings is 1. The van der Waals surface area contributed by atoms with Crippen LogP contribution < -0.4 is 0 Å². The lowest BCUT2D eigenvalue weighted by molar-refractivity contribution is 0.101. The maximum absolute atomic E-state index is 11.0. The molecule has 0 unspecified atom stereocenters. The van der Waals surface area contributed by atoms with Gasteiger partial charge in [0.25, 0.3) is 0 Å². The first-order chi connectivity index (χ1) is 5.11. The van der Waals surface area contributed by atoms with Crippen molar-refractivity contribution in [1.82, 2.24) is 0 Å². The maximum atomic E-state index is 11.0. The average Bonchev–Trinajstić information content (AvgIpc) is 1.94. The summed E-state index contributed by atoms with van der Waals surface area (Å²) in [6.45, 7) is 3.51. The molecule has 0 aliphatic rings. The van der Waals surface area contributed by atoms with Crippen LogP contribution in [0, 0.1) is 6.92 Å². The summed E-state index contributed by atoms with van der Waals surface area (Å²) >= 11 is 3.31. The molecule has 0 aliphatic carbocycles. The first-order valence-corrected chi connectivity index (χ1v) is 4.17. The molecule has 0 N–H and O–H groups in total. The summed E-state index contributed by atoms with van der Waals surface area (Å²) in [6.07, 6.45) is 0. The van der Waals surface area contributed by atoms with Gasteiger partial charge in [-0.15, -0.1) is 0 Å². The second-order valence-corrected chi connectivity index (χ2v) is 3.43. The number of rotatable bonds is 1. The van der Waals surface area contributed by atoms with Crippen LogP contribution in [0.1, 0.15) is 22.8 Å². The Bertz CT molecular complexity index is 292. The highest BCUT2D eigenvalue weighted by atomic mass is 79.9. The monoisotopic (exact) mass is 212 g/mol. The molecule has 1 rings (SSSR count). The van der Waals surface area contributed by atoms with E-state index in [4.69, 9.17) is 0 Å². The number of Topliss-reactive ketones (excluding diaryl/α,β-unsaturated/α-hetero) is 1. The fraction of sp³-hybridized carbons (Fsp3) is 0.222. The smallest absolute Gasteiger partial charge is 0.160 e. The highest BCUT2D eigenvalue weighted by molar-refractivity contribution is 9.10. The van der Waals surface area contributed by atoms with Crippen LogP contribution in [0.4, 0.5) is 0 Å². The van der Waals surface area contributed by atoms with Crippen LogP contribution in [-0.4, -0.2) is 5.78 Å². The summed E-state index contributed by atoms with van der Waals surface area (Å²) in [6, 6.07) is 5.71. The Kier molecular flexibility index (Phi) is 2.45. The van der Waals surface area contributed by atoms with E-state index >= 15 is 0 Å².